The molecule has 2 aromatic rings. The van der Waals surface area contributed by atoms with E-state index in [1.54, 1.807) is 12.1 Å². The van der Waals surface area contributed by atoms with Crippen LogP contribution in [0.25, 0.3) is 11.1 Å². The summed E-state index contributed by atoms with van der Waals surface area (Å²) in [6.07, 6.45) is 0.565. The van der Waals surface area contributed by atoms with Crippen LogP contribution in [0, 0.1) is 0 Å². The van der Waals surface area contributed by atoms with Gasteiger partial charge >= 0.3 is 0 Å². The van der Waals surface area contributed by atoms with E-state index in [1.165, 1.54) is 24.3 Å². The molecule has 0 aromatic heterocycles. The normalized spacial score (nSPS) is 10.2. The second-order valence-corrected chi connectivity index (χ2v) is 3.96. The maximum absolute atomic E-state index is 10.7. The minimum absolute atomic E-state index is 0.0833. The van der Waals surface area contributed by atoms with E-state index in [9.17, 15) is 15.0 Å². The summed E-state index contributed by atoms with van der Waals surface area (Å²) in [7, 11) is 0. The van der Waals surface area contributed by atoms with Gasteiger partial charge in [0.1, 0.15) is 11.5 Å². The molecular formula is C13H9ClO3. The molecule has 3 nitrogen and oxygen atoms in total. The van der Waals surface area contributed by atoms with Gasteiger partial charge in [-0.15, -0.1) is 0 Å². The Morgan fingerprint density at radius 2 is 1.82 bits per heavy atom. The molecule has 17 heavy (non-hydrogen) atoms. The molecule has 0 fully saturated rings. The fraction of sp³-hybridized carbons (Fsp3) is 0. The summed E-state index contributed by atoms with van der Waals surface area (Å²) in [5.74, 6) is 0.00477. The third kappa shape index (κ3) is 2.24. The fourth-order valence-electron chi connectivity index (χ4n) is 1.55. The van der Waals surface area contributed by atoms with Gasteiger partial charge in [0.25, 0.3) is 0 Å². The van der Waals surface area contributed by atoms with Gasteiger partial charge in [-0.1, -0.05) is 17.7 Å². The highest BCUT2D eigenvalue weighted by molar-refractivity contribution is 6.33. The van der Waals surface area contributed by atoms with E-state index in [4.69, 9.17) is 11.6 Å². The number of rotatable bonds is 2. The zero-order chi connectivity index (χ0) is 12.4. The van der Waals surface area contributed by atoms with Crippen LogP contribution >= 0.6 is 11.6 Å². The second kappa shape index (κ2) is 4.47. The highest BCUT2D eigenvalue weighted by Crippen LogP contribution is 2.32. The Kier molecular flexibility index (Phi) is 3.02. The SMILES string of the molecule is O=Cc1cc(-c2cc(O)ccc2Cl)ccc1O. The molecule has 2 aromatic carbocycles. The molecule has 4 heteroatoms. The van der Waals surface area contributed by atoms with Crippen molar-refractivity contribution in [3.05, 3.63) is 47.0 Å². The van der Waals surface area contributed by atoms with Gasteiger partial charge in [0.2, 0.25) is 0 Å². The highest BCUT2D eigenvalue weighted by Gasteiger charge is 2.07. The summed E-state index contributed by atoms with van der Waals surface area (Å²) in [4.78, 5) is 10.7. The zero-order valence-corrected chi connectivity index (χ0v) is 9.48. The van der Waals surface area contributed by atoms with Crippen LogP contribution in [0.3, 0.4) is 0 Å². The Morgan fingerprint density at radius 1 is 1.06 bits per heavy atom. The quantitative estimate of drug-likeness (QED) is 0.803. The first-order valence-corrected chi connectivity index (χ1v) is 5.26. The maximum Gasteiger partial charge on any atom is 0.153 e. The number of aldehydes is 1. The minimum Gasteiger partial charge on any atom is -0.508 e. The van der Waals surface area contributed by atoms with Crippen molar-refractivity contribution in [3.8, 4) is 22.6 Å². The Labute approximate surface area is 103 Å². The van der Waals surface area contributed by atoms with Crippen LogP contribution in [-0.2, 0) is 0 Å². The maximum atomic E-state index is 10.7. The molecule has 0 radical (unpaired) electrons. The van der Waals surface area contributed by atoms with E-state index < -0.39 is 0 Å². The van der Waals surface area contributed by atoms with Crippen molar-refractivity contribution < 1.29 is 15.0 Å². The van der Waals surface area contributed by atoms with Gasteiger partial charge < -0.3 is 10.2 Å². The highest BCUT2D eigenvalue weighted by atomic mass is 35.5. The van der Waals surface area contributed by atoms with Crippen molar-refractivity contribution in [2.45, 2.75) is 0 Å². The number of aromatic hydroxyl groups is 2. The predicted octanol–water partition coefficient (Wildman–Crippen LogP) is 3.23. The number of phenols is 2. The predicted molar refractivity (Wildman–Crippen MR) is 65.6 cm³/mol. The van der Waals surface area contributed by atoms with E-state index in [1.807, 2.05) is 0 Å². The number of benzene rings is 2. The molecule has 0 unspecified atom stereocenters. The van der Waals surface area contributed by atoms with E-state index in [0.29, 0.717) is 22.4 Å². The van der Waals surface area contributed by atoms with Crippen molar-refractivity contribution in [2.75, 3.05) is 0 Å². The van der Waals surface area contributed by atoms with Gasteiger partial charge in [-0.3, -0.25) is 4.79 Å². The molecule has 0 spiro atoms. The van der Waals surface area contributed by atoms with E-state index in [2.05, 4.69) is 0 Å². The Balaban J connectivity index is 2.60. The summed E-state index contributed by atoms with van der Waals surface area (Å²) in [6, 6.07) is 9.11. The van der Waals surface area contributed by atoms with Crippen molar-refractivity contribution in [1.82, 2.24) is 0 Å². The zero-order valence-electron chi connectivity index (χ0n) is 8.72. The largest absolute Gasteiger partial charge is 0.508 e. The first kappa shape index (κ1) is 11.5. The lowest BCUT2D eigenvalue weighted by atomic mass is 10.0. The monoisotopic (exact) mass is 248 g/mol. The molecule has 0 saturated carbocycles. The average Bonchev–Trinajstić information content (AvgIpc) is 2.33. The molecule has 0 bridgehead atoms. The molecule has 2 N–H and O–H groups in total. The lowest BCUT2D eigenvalue weighted by molar-refractivity contribution is 0.112. The van der Waals surface area contributed by atoms with Crippen LogP contribution in [0.4, 0.5) is 0 Å². The van der Waals surface area contributed by atoms with Gasteiger partial charge in [-0.25, -0.2) is 0 Å². The molecule has 86 valence electrons. The van der Waals surface area contributed by atoms with Crippen LogP contribution in [0.15, 0.2) is 36.4 Å². The lowest BCUT2D eigenvalue weighted by Crippen LogP contribution is -1.85. The third-order valence-electron chi connectivity index (χ3n) is 2.42. The molecule has 0 amide bonds. The second-order valence-electron chi connectivity index (χ2n) is 3.56. The number of phenolic OH excluding ortho intramolecular Hbond substituents is 2. The standard InChI is InChI=1S/C13H9ClO3/c14-12-3-2-10(16)6-11(12)8-1-4-13(17)9(5-8)7-15/h1-7,16-17H. The van der Waals surface area contributed by atoms with Crippen molar-refractivity contribution >= 4 is 17.9 Å². The molecule has 0 aliphatic carbocycles. The topological polar surface area (TPSA) is 57.5 Å². The van der Waals surface area contributed by atoms with Gasteiger partial charge in [0.15, 0.2) is 6.29 Å². The van der Waals surface area contributed by atoms with Crippen LogP contribution < -0.4 is 0 Å². The lowest BCUT2D eigenvalue weighted by Gasteiger charge is -2.06. The van der Waals surface area contributed by atoms with Crippen LogP contribution in [-0.4, -0.2) is 16.5 Å². The smallest absolute Gasteiger partial charge is 0.153 e. The van der Waals surface area contributed by atoms with Gasteiger partial charge in [-0.2, -0.15) is 0 Å². The minimum atomic E-state index is -0.0833. The number of carbonyl (C=O) groups is 1. The third-order valence-corrected chi connectivity index (χ3v) is 2.75. The molecule has 0 aliphatic rings. The van der Waals surface area contributed by atoms with Crippen molar-refractivity contribution in [2.24, 2.45) is 0 Å². The Bertz CT molecular complexity index is 579. The van der Waals surface area contributed by atoms with Crippen LogP contribution in [0.5, 0.6) is 11.5 Å². The van der Waals surface area contributed by atoms with Crippen LogP contribution in [0.1, 0.15) is 10.4 Å². The number of hydrogen-bond acceptors (Lipinski definition) is 3. The average molecular weight is 249 g/mol. The molecule has 0 aliphatic heterocycles. The summed E-state index contributed by atoms with van der Waals surface area (Å²) >= 11 is 6.00. The Morgan fingerprint density at radius 3 is 2.53 bits per heavy atom. The van der Waals surface area contributed by atoms with Crippen LogP contribution in [0.2, 0.25) is 5.02 Å². The van der Waals surface area contributed by atoms with E-state index >= 15 is 0 Å². The first-order chi connectivity index (χ1) is 8.11. The van der Waals surface area contributed by atoms with E-state index in [-0.39, 0.29) is 17.1 Å². The Hall–Kier alpha value is -2.00. The first-order valence-electron chi connectivity index (χ1n) is 4.89. The van der Waals surface area contributed by atoms with Gasteiger partial charge in [0.05, 0.1) is 5.56 Å². The number of hydrogen-bond donors (Lipinski definition) is 2. The number of halogens is 1. The summed E-state index contributed by atoms with van der Waals surface area (Å²) in [5, 5.41) is 19.3. The number of carbonyl (C=O) groups excluding carboxylic acids is 1. The van der Waals surface area contributed by atoms with Gasteiger partial charge in [0, 0.05) is 10.6 Å². The van der Waals surface area contributed by atoms with E-state index in [0.717, 1.165) is 0 Å². The summed E-state index contributed by atoms with van der Waals surface area (Å²) in [5.41, 5.74) is 1.45. The molecular weight excluding hydrogens is 240 g/mol. The summed E-state index contributed by atoms with van der Waals surface area (Å²) in [6.45, 7) is 0. The van der Waals surface area contributed by atoms with Crippen molar-refractivity contribution in [3.63, 3.8) is 0 Å². The summed E-state index contributed by atoms with van der Waals surface area (Å²) < 4.78 is 0. The molecule has 0 heterocycles. The van der Waals surface area contributed by atoms with Crippen molar-refractivity contribution in [1.29, 1.82) is 0 Å². The van der Waals surface area contributed by atoms with Gasteiger partial charge in [-0.05, 0) is 35.9 Å². The molecule has 2 rings (SSSR count). The fourth-order valence-corrected chi connectivity index (χ4v) is 1.78. The molecule has 0 atom stereocenters. The molecule has 0 saturated heterocycles.